The van der Waals surface area contributed by atoms with Crippen LogP contribution in [0.5, 0.6) is 0 Å². The van der Waals surface area contributed by atoms with E-state index in [0.29, 0.717) is 26.1 Å². The summed E-state index contributed by atoms with van der Waals surface area (Å²) in [5, 5.41) is 0. The maximum Gasteiger partial charge on any atom is 0.305 e. The van der Waals surface area contributed by atoms with Gasteiger partial charge in [0, 0.05) is 18.3 Å². The van der Waals surface area contributed by atoms with Crippen LogP contribution in [0.4, 0.5) is 0 Å². The molecule has 0 aliphatic carbocycles. The first-order valence-electron chi connectivity index (χ1n) is 13.2. The van der Waals surface area contributed by atoms with Crippen LogP contribution in [0.1, 0.15) is 143 Å². The van der Waals surface area contributed by atoms with Gasteiger partial charge in [-0.2, -0.15) is 0 Å². The lowest BCUT2D eigenvalue weighted by molar-refractivity contribution is -0.152. The highest BCUT2D eigenvalue weighted by Gasteiger charge is 2.22. The summed E-state index contributed by atoms with van der Waals surface area (Å²) in [5.41, 5.74) is -0.343. The summed E-state index contributed by atoms with van der Waals surface area (Å²) in [7, 11) is 0. The highest BCUT2D eigenvalue weighted by Crippen LogP contribution is 2.18. The molecule has 0 atom stereocenters. The highest BCUT2D eigenvalue weighted by atomic mass is 16.5. The van der Waals surface area contributed by atoms with Crippen LogP contribution in [-0.2, 0) is 19.1 Å². The van der Waals surface area contributed by atoms with Crippen molar-refractivity contribution in [3.63, 3.8) is 0 Å². The molecule has 0 heterocycles. The first-order chi connectivity index (χ1) is 14.9. The van der Waals surface area contributed by atoms with E-state index < -0.39 is 0 Å². The molecule has 0 aliphatic rings. The van der Waals surface area contributed by atoms with Crippen LogP contribution in [-0.4, -0.2) is 25.2 Å². The van der Waals surface area contributed by atoms with Crippen molar-refractivity contribution in [2.24, 2.45) is 5.41 Å². The van der Waals surface area contributed by atoms with E-state index >= 15 is 0 Å². The largest absolute Gasteiger partial charge is 0.465 e. The Labute approximate surface area is 193 Å². The monoisotopic (exact) mass is 440 g/mol. The van der Waals surface area contributed by atoms with Gasteiger partial charge in [0.05, 0.1) is 13.2 Å². The minimum absolute atomic E-state index is 0.134. The van der Waals surface area contributed by atoms with E-state index in [-0.39, 0.29) is 17.4 Å². The fraction of sp³-hybridized carbons (Fsp3) is 0.926. The van der Waals surface area contributed by atoms with Crippen molar-refractivity contribution in [1.82, 2.24) is 0 Å². The normalized spacial score (nSPS) is 11.5. The molecular weight excluding hydrogens is 388 g/mol. The van der Waals surface area contributed by atoms with Gasteiger partial charge in [-0.1, -0.05) is 118 Å². The second kappa shape index (κ2) is 20.8. The van der Waals surface area contributed by atoms with E-state index in [0.717, 1.165) is 25.7 Å². The molecule has 0 fully saturated rings. The lowest BCUT2D eigenvalue weighted by atomic mass is 9.96. The Morgan fingerprint density at radius 1 is 0.516 bits per heavy atom. The van der Waals surface area contributed by atoms with Crippen molar-refractivity contribution < 1.29 is 19.1 Å². The molecule has 0 aromatic heterocycles. The van der Waals surface area contributed by atoms with Crippen molar-refractivity contribution in [2.75, 3.05) is 13.2 Å². The molecule has 0 aliphatic heterocycles. The number of ether oxygens (including phenoxy) is 2. The van der Waals surface area contributed by atoms with Gasteiger partial charge in [0.15, 0.2) is 0 Å². The summed E-state index contributed by atoms with van der Waals surface area (Å²) in [6, 6.07) is 0. The Morgan fingerprint density at radius 3 is 1.13 bits per heavy atom. The predicted molar refractivity (Wildman–Crippen MR) is 130 cm³/mol. The van der Waals surface area contributed by atoms with Gasteiger partial charge >= 0.3 is 11.9 Å². The van der Waals surface area contributed by atoms with E-state index in [4.69, 9.17) is 9.47 Å². The number of rotatable bonds is 22. The van der Waals surface area contributed by atoms with Crippen LogP contribution >= 0.6 is 0 Å². The topological polar surface area (TPSA) is 52.6 Å². The maximum absolute atomic E-state index is 12.0. The van der Waals surface area contributed by atoms with Gasteiger partial charge < -0.3 is 9.47 Å². The van der Waals surface area contributed by atoms with Gasteiger partial charge in [-0.3, -0.25) is 9.59 Å². The third kappa shape index (κ3) is 21.9. The zero-order chi connectivity index (χ0) is 23.2. The molecule has 0 N–H and O–H groups in total. The molecule has 4 nitrogen and oxygen atoms in total. The number of esters is 2. The Bertz CT molecular complexity index is 431. The molecule has 0 radical (unpaired) electrons. The molecule has 0 unspecified atom stereocenters. The summed E-state index contributed by atoms with van der Waals surface area (Å²) in [6.07, 6.45) is 20.4. The number of carbonyl (C=O) groups excluding carboxylic acids is 2. The lowest BCUT2D eigenvalue weighted by Crippen LogP contribution is -2.28. The summed E-state index contributed by atoms with van der Waals surface area (Å²) < 4.78 is 10.8. The summed E-state index contributed by atoms with van der Waals surface area (Å²) in [4.78, 5) is 23.9. The first-order valence-corrected chi connectivity index (χ1v) is 13.2. The van der Waals surface area contributed by atoms with E-state index in [2.05, 4.69) is 13.8 Å². The molecule has 0 rings (SSSR count). The zero-order valence-electron chi connectivity index (χ0n) is 21.3. The molecule has 0 aromatic carbocycles. The van der Waals surface area contributed by atoms with Crippen molar-refractivity contribution in [3.05, 3.63) is 0 Å². The molecule has 0 amide bonds. The molecule has 0 spiro atoms. The van der Waals surface area contributed by atoms with Crippen LogP contribution in [0.2, 0.25) is 0 Å². The fourth-order valence-electron chi connectivity index (χ4n) is 3.54. The van der Waals surface area contributed by atoms with Gasteiger partial charge in [-0.15, -0.1) is 0 Å². The number of carbonyl (C=O) groups is 2. The predicted octanol–water partition coefficient (Wildman–Crippen LogP) is 8.16. The molecular formula is C27H52O4. The standard InChI is InChI=1S/C27H52O4/c1-5-7-9-11-13-14-16-18-20-22-26(29)31-24-27(3,4)23-30-25(28)21-19-17-15-12-10-8-6-2/h5-24H2,1-4H3. The van der Waals surface area contributed by atoms with Gasteiger partial charge in [0.1, 0.15) is 0 Å². The van der Waals surface area contributed by atoms with Crippen LogP contribution < -0.4 is 0 Å². The molecule has 0 bridgehead atoms. The van der Waals surface area contributed by atoms with Crippen LogP contribution in [0, 0.1) is 5.41 Å². The molecule has 4 heteroatoms. The zero-order valence-corrected chi connectivity index (χ0v) is 21.3. The van der Waals surface area contributed by atoms with E-state index in [1.54, 1.807) is 0 Å². The average molecular weight is 441 g/mol. The van der Waals surface area contributed by atoms with Crippen LogP contribution in [0.3, 0.4) is 0 Å². The number of hydrogen-bond acceptors (Lipinski definition) is 4. The van der Waals surface area contributed by atoms with Crippen molar-refractivity contribution in [2.45, 2.75) is 143 Å². The van der Waals surface area contributed by atoms with E-state index in [1.807, 2.05) is 13.8 Å². The maximum atomic E-state index is 12.0. The minimum atomic E-state index is -0.343. The lowest BCUT2D eigenvalue weighted by Gasteiger charge is -2.23. The van der Waals surface area contributed by atoms with Crippen molar-refractivity contribution >= 4 is 11.9 Å². The summed E-state index contributed by atoms with van der Waals surface area (Å²) >= 11 is 0. The van der Waals surface area contributed by atoms with Gasteiger partial charge in [0.2, 0.25) is 0 Å². The third-order valence-electron chi connectivity index (χ3n) is 5.72. The average Bonchev–Trinajstić information content (AvgIpc) is 2.74. The Hall–Kier alpha value is -1.06. The summed E-state index contributed by atoms with van der Waals surface area (Å²) in [6.45, 7) is 9.00. The van der Waals surface area contributed by atoms with Crippen LogP contribution in [0.15, 0.2) is 0 Å². The molecule has 0 saturated carbocycles. The quantitative estimate of drug-likeness (QED) is 0.126. The second-order valence-corrected chi connectivity index (χ2v) is 9.94. The molecule has 31 heavy (non-hydrogen) atoms. The third-order valence-corrected chi connectivity index (χ3v) is 5.72. The summed E-state index contributed by atoms with van der Waals surface area (Å²) in [5.74, 6) is -0.270. The SMILES string of the molecule is CCCCCCCCCCCC(=O)OCC(C)(C)COC(=O)CCCCCCCCC. The van der Waals surface area contributed by atoms with Gasteiger partial charge in [-0.05, 0) is 12.8 Å². The van der Waals surface area contributed by atoms with E-state index in [1.165, 1.54) is 77.0 Å². The van der Waals surface area contributed by atoms with Gasteiger partial charge in [-0.25, -0.2) is 0 Å². The van der Waals surface area contributed by atoms with Crippen LogP contribution in [0.25, 0.3) is 0 Å². The molecule has 0 saturated heterocycles. The van der Waals surface area contributed by atoms with E-state index in [9.17, 15) is 9.59 Å². The molecule has 0 aromatic rings. The minimum Gasteiger partial charge on any atom is -0.465 e. The second-order valence-electron chi connectivity index (χ2n) is 9.94. The van der Waals surface area contributed by atoms with Crippen molar-refractivity contribution in [1.29, 1.82) is 0 Å². The number of hydrogen-bond donors (Lipinski definition) is 0. The van der Waals surface area contributed by atoms with Crippen molar-refractivity contribution in [3.8, 4) is 0 Å². The van der Waals surface area contributed by atoms with Gasteiger partial charge in [0.25, 0.3) is 0 Å². The Kier molecular flexibility index (Phi) is 20.1. The Balaban J connectivity index is 3.64. The Morgan fingerprint density at radius 2 is 0.806 bits per heavy atom. The highest BCUT2D eigenvalue weighted by molar-refractivity contribution is 5.69. The smallest absolute Gasteiger partial charge is 0.305 e. The number of unbranched alkanes of at least 4 members (excludes halogenated alkanes) is 14. The first kappa shape index (κ1) is 29.9. The fourth-order valence-corrected chi connectivity index (χ4v) is 3.54. The molecule has 184 valence electrons.